The number of carbonyl (C=O) groups excluding carboxylic acids is 1. The third kappa shape index (κ3) is 4.32. The molecule has 0 unspecified atom stereocenters. The lowest BCUT2D eigenvalue weighted by Gasteiger charge is -2.36. The zero-order chi connectivity index (χ0) is 19.4. The molecule has 2 amide bonds. The molecule has 0 saturated carbocycles. The van der Waals surface area contributed by atoms with Crippen molar-refractivity contribution in [3.8, 4) is 0 Å². The second kappa shape index (κ2) is 8.28. The summed E-state index contributed by atoms with van der Waals surface area (Å²) in [6.45, 7) is 1.50. The Morgan fingerprint density at radius 1 is 0.889 bits per heavy atom. The van der Waals surface area contributed by atoms with Gasteiger partial charge in [0.25, 0.3) is 0 Å². The molecule has 1 saturated heterocycles. The van der Waals surface area contributed by atoms with Crippen LogP contribution in [0.4, 0.5) is 28.0 Å². The van der Waals surface area contributed by atoms with Gasteiger partial charge in [-0.1, -0.05) is 18.2 Å². The number of benzene rings is 2. The van der Waals surface area contributed by atoms with Gasteiger partial charge in [-0.05, 0) is 30.2 Å². The molecule has 1 heterocycles. The van der Waals surface area contributed by atoms with E-state index in [4.69, 9.17) is 0 Å². The fraction of sp³-hybridized carbons (Fsp3) is 0.316. The van der Waals surface area contributed by atoms with Crippen LogP contribution in [0.1, 0.15) is 5.56 Å². The summed E-state index contributed by atoms with van der Waals surface area (Å²) < 4.78 is 53.9. The molecule has 2 aromatic carbocycles. The third-order valence-corrected chi connectivity index (χ3v) is 4.55. The molecule has 2 aromatic rings. The number of hydrogen-bond acceptors (Lipinski definition) is 2. The monoisotopic (exact) mass is 381 g/mol. The smallest absolute Gasteiger partial charge is 0.317 e. The van der Waals surface area contributed by atoms with E-state index >= 15 is 0 Å². The van der Waals surface area contributed by atoms with Gasteiger partial charge in [0.1, 0.15) is 5.82 Å². The number of piperazine rings is 1. The summed E-state index contributed by atoms with van der Waals surface area (Å²) in [7, 11) is 0. The number of carbonyl (C=O) groups is 1. The van der Waals surface area contributed by atoms with Crippen molar-refractivity contribution < 1.29 is 22.4 Å². The zero-order valence-corrected chi connectivity index (χ0v) is 14.5. The van der Waals surface area contributed by atoms with Crippen LogP contribution in [0.15, 0.2) is 36.4 Å². The average molecular weight is 381 g/mol. The molecule has 27 heavy (non-hydrogen) atoms. The maximum absolute atomic E-state index is 13.9. The number of amides is 2. The molecule has 0 spiro atoms. The Bertz CT molecular complexity index is 823. The Kier molecular flexibility index (Phi) is 5.83. The molecular formula is C19H19F4N3O. The highest BCUT2D eigenvalue weighted by Gasteiger charge is 2.24. The van der Waals surface area contributed by atoms with Crippen LogP contribution in [0.5, 0.6) is 0 Å². The largest absolute Gasteiger partial charge is 0.366 e. The molecule has 0 radical (unpaired) electrons. The van der Waals surface area contributed by atoms with Crippen LogP contribution in [0.25, 0.3) is 0 Å². The van der Waals surface area contributed by atoms with Gasteiger partial charge < -0.3 is 15.1 Å². The normalized spacial score (nSPS) is 14.4. The lowest BCUT2D eigenvalue weighted by Crippen LogP contribution is -2.52. The lowest BCUT2D eigenvalue weighted by atomic mass is 10.1. The van der Waals surface area contributed by atoms with E-state index in [9.17, 15) is 22.4 Å². The van der Waals surface area contributed by atoms with Gasteiger partial charge in [0.15, 0.2) is 17.5 Å². The number of anilines is 1. The molecule has 1 fully saturated rings. The van der Waals surface area contributed by atoms with Crippen molar-refractivity contribution >= 4 is 11.7 Å². The summed E-state index contributed by atoms with van der Waals surface area (Å²) in [5.74, 6) is -4.27. The Labute approximate surface area is 154 Å². The van der Waals surface area contributed by atoms with Gasteiger partial charge in [0.2, 0.25) is 0 Å². The maximum atomic E-state index is 13.9. The van der Waals surface area contributed by atoms with Crippen molar-refractivity contribution in [2.45, 2.75) is 6.42 Å². The molecule has 1 aliphatic heterocycles. The lowest BCUT2D eigenvalue weighted by molar-refractivity contribution is 0.194. The highest BCUT2D eigenvalue weighted by Crippen LogP contribution is 2.24. The van der Waals surface area contributed by atoms with Crippen LogP contribution in [-0.4, -0.2) is 43.7 Å². The van der Waals surface area contributed by atoms with Crippen molar-refractivity contribution in [1.82, 2.24) is 10.2 Å². The first kappa shape index (κ1) is 19.0. The van der Waals surface area contributed by atoms with E-state index in [2.05, 4.69) is 5.32 Å². The minimum Gasteiger partial charge on any atom is -0.366 e. The Balaban J connectivity index is 1.49. The molecule has 0 bridgehead atoms. The summed E-state index contributed by atoms with van der Waals surface area (Å²) in [6.07, 6.45) is 0.373. The van der Waals surface area contributed by atoms with Crippen LogP contribution < -0.4 is 10.2 Å². The van der Waals surface area contributed by atoms with Gasteiger partial charge in [0, 0.05) is 32.7 Å². The Hall–Kier alpha value is -2.77. The fourth-order valence-corrected chi connectivity index (χ4v) is 3.03. The molecule has 0 aromatic heterocycles. The van der Waals surface area contributed by atoms with Crippen LogP contribution in [-0.2, 0) is 6.42 Å². The quantitative estimate of drug-likeness (QED) is 0.652. The van der Waals surface area contributed by atoms with Gasteiger partial charge >= 0.3 is 6.03 Å². The van der Waals surface area contributed by atoms with Gasteiger partial charge in [0.05, 0.1) is 5.69 Å². The summed E-state index contributed by atoms with van der Waals surface area (Å²) in [6, 6.07) is 8.15. The van der Waals surface area contributed by atoms with Crippen LogP contribution in [0.2, 0.25) is 0 Å². The maximum Gasteiger partial charge on any atom is 0.317 e. The van der Waals surface area contributed by atoms with Crippen molar-refractivity contribution in [2.24, 2.45) is 0 Å². The van der Waals surface area contributed by atoms with Gasteiger partial charge in [-0.25, -0.2) is 22.4 Å². The molecular weight excluding hydrogens is 362 g/mol. The SMILES string of the molecule is O=C(NCCc1ccccc1F)N1CCN(c2ccc(F)c(F)c2F)CC1. The van der Waals surface area contributed by atoms with E-state index in [0.717, 1.165) is 6.07 Å². The number of nitrogens with one attached hydrogen (secondary N) is 1. The Morgan fingerprint density at radius 2 is 1.59 bits per heavy atom. The van der Waals surface area contributed by atoms with Crippen LogP contribution in [0.3, 0.4) is 0 Å². The van der Waals surface area contributed by atoms with E-state index in [0.29, 0.717) is 38.2 Å². The number of nitrogens with zero attached hydrogens (tertiary/aromatic N) is 2. The highest BCUT2D eigenvalue weighted by atomic mass is 19.2. The number of rotatable bonds is 4. The first-order valence-electron chi connectivity index (χ1n) is 8.62. The predicted molar refractivity (Wildman–Crippen MR) is 93.6 cm³/mol. The summed E-state index contributed by atoms with van der Waals surface area (Å²) in [5, 5.41) is 2.73. The molecule has 4 nitrogen and oxygen atoms in total. The van der Waals surface area contributed by atoms with E-state index in [1.165, 1.54) is 12.1 Å². The molecule has 8 heteroatoms. The van der Waals surface area contributed by atoms with Crippen LogP contribution in [0, 0.1) is 23.3 Å². The summed E-state index contributed by atoms with van der Waals surface area (Å²) in [4.78, 5) is 15.3. The first-order valence-corrected chi connectivity index (χ1v) is 8.62. The molecule has 1 aliphatic rings. The number of hydrogen-bond donors (Lipinski definition) is 1. The van der Waals surface area contributed by atoms with Gasteiger partial charge in [-0.15, -0.1) is 0 Å². The third-order valence-electron chi connectivity index (χ3n) is 4.55. The highest BCUT2D eigenvalue weighted by molar-refractivity contribution is 5.74. The van der Waals surface area contributed by atoms with Crippen LogP contribution >= 0.6 is 0 Å². The second-order valence-electron chi connectivity index (χ2n) is 6.24. The van der Waals surface area contributed by atoms with Crippen molar-refractivity contribution in [3.05, 3.63) is 65.2 Å². The van der Waals surface area contributed by atoms with E-state index in [1.54, 1.807) is 28.0 Å². The minimum absolute atomic E-state index is 0.0199. The minimum atomic E-state index is -1.50. The van der Waals surface area contributed by atoms with E-state index in [1.807, 2.05) is 0 Å². The first-order chi connectivity index (χ1) is 13.0. The second-order valence-corrected chi connectivity index (χ2v) is 6.24. The summed E-state index contributed by atoms with van der Waals surface area (Å²) in [5.41, 5.74) is 0.505. The molecule has 144 valence electrons. The van der Waals surface area contributed by atoms with E-state index in [-0.39, 0.29) is 24.1 Å². The van der Waals surface area contributed by atoms with Crippen molar-refractivity contribution in [2.75, 3.05) is 37.6 Å². The molecule has 3 rings (SSSR count). The van der Waals surface area contributed by atoms with E-state index < -0.39 is 17.5 Å². The topological polar surface area (TPSA) is 35.6 Å². The van der Waals surface area contributed by atoms with Crippen molar-refractivity contribution in [3.63, 3.8) is 0 Å². The predicted octanol–water partition coefficient (Wildman–Crippen LogP) is 3.32. The standard InChI is InChI=1S/C19H19F4N3O/c20-14-4-2-1-3-13(14)7-8-24-19(27)26-11-9-25(10-12-26)16-6-5-15(21)17(22)18(16)23/h1-6H,7-12H2,(H,24,27). The fourth-order valence-electron chi connectivity index (χ4n) is 3.03. The summed E-state index contributed by atoms with van der Waals surface area (Å²) >= 11 is 0. The molecule has 1 N–H and O–H groups in total. The molecule has 0 atom stereocenters. The Morgan fingerprint density at radius 3 is 2.30 bits per heavy atom. The van der Waals surface area contributed by atoms with Gasteiger partial charge in [-0.3, -0.25) is 0 Å². The average Bonchev–Trinajstić information content (AvgIpc) is 2.68. The van der Waals surface area contributed by atoms with Gasteiger partial charge in [-0.2, -0.15) is 0 Å². The number of urea groups is 1. The number of halogens is 4. The van der Waals surface area contributed by atoms with Crippen molar-refractivity contribution in [1.29, 1.82) is 0 Å². The zero-order valence-electron chi connectivity index (χ0n) is 14.5. The molecule has 0 aliphatic carbocycles.